The molecule has 0 aliphatic carbocycles. The van der Waals surface area contributed by atoms with Crippen LogP contribution in [0.2, 0.25) is 5.02 Å². The van der Waals surface area contributed by atoms with E-state index < -0.39 is 23.9 Å². The Kier molecular flexibility index (Phi) is 3.90. The topological polar surface area (TPSA) is 69.6 Å². The Morgan fingerprint density at radius 1 is 1.47 bits per heavy atom. The molecule has 0 radical (unpaired) electrons. The number of carbonyl (C=O) groups excluding carboxylic acids is 1. The zero-order valence-electron chi connectivity index (χ0n) is 9.90. The number of urea groups is 1. The summed E-state index contributed by atoms with van der Waals surface area (Å²) in [7, 11) is 0. The van der Waals surface area contributed by atoms with Crippen molar-refractivity contribution in [3.63, 3.8) is 0 Å². The molecule has 19 heavy (non-hydrogen) atoms. The van der Waals surface area contributed by atoms with Crippen LogP contribution in [0, 0.1) is 5.82 Å². The van der Waals surface area contributed by atoms with Gasteiger partial charge < -0.3 is 15.3 Å². The lowest BCUT2D eigenvalue weighted by Gasteiger charge is -2.21. The van der Waals surface area contributed by atoms with Gasteiger partial charge in [-0.2, -0.15) is 0 Å². The number of nitrogens with zero attached hydrogens (tertiary/aromatic N) is 1. The summed E-state index contributed by atoms with van der Waals surface area (Å²) in [5.41, 5.74) is 0.239. The number of anilines is 1. The zero-order valence-corrected chi connectivity index (χ0v) is 10.7. The number of carboxylic acids is 1. The largest absolute Gasteiger partial charge is 0.480 e. The molecule has 2 N–H and O–H groups in total. The Hall–Kier alpha value is -1.82. The van der Waals surface area contributed by atoms with E-state index in [0.29, 0.717) is 19.4 Å². The van der Waals surface area contributed by atoms with Crippen LogP contribution in [0.3, 0.4) is 0 Å². The van der Waals surface area contributed by atoms with Gasteiger partial charge in [-0.1, -0.05) is 11.6 Å². The number of carbonyl (C=O) groups is 2. The fourth-order valence-electron chi connectivity index (χ4n) is 2.04. The highest BCUT2D eigenvalue weighted by Gasteiger charge is 2.33. The van der Waals surface area contributed by atoms with Crippen molar-refractivity contribution in [2.45, 2.75) is 18.9 Å². The first-order valence-electron chi connectivity index (χ1n) is 5.74. The minimum Gasteiger partial charge on any atom is -0.480 e. The Morgan fingerprint density at radius 2 is 2.21 bits per heavy atom. The second-order valence-electron chi connectivity index (χ2n) is 4.25. The number of amides is 2. The number of nitrogens with one attached hydrogen (secondary N) is 1. The summed E-state index contributed by atoms with van der Waals surface area (Å²) in [6, 6.07) is 2.50. The Labute approximate surface area is 114 Å². The molecule has 1 atom stereocenters. The number of halogens is 2. The van der Waals surface area contributed by atoms with Crippen molar-refractivity contribution in [1.29, 1.82) is 0 Å². The first-order chi connectivity index (χ1) is 8.99. The van der Waals surface area contributed by atoms with Crippen LogP contribution in [0.1, 0.15) is 12.8 Å². The smallest absolute Gasteiger partial charge is 0.326 e. The van der Waals surface area contributed by atoms with Crippen molar-refractivity contribution < 1.29 is 19.1 Å². The van der Waals surface area contributed by atoms with Gasteiger partial charge in [0.05, 0.1) is 5.02 Å². The fraction of sp³-hybridized carbons (Fsp3) is 0.333. The highest BCUT2D eigenvalue weighted by Crippen LogP contribution is 2.21. The normalized spacial score (nSPS) is 18.4. The molecule has 5 nitrogen and oxygen atoms in total. The van der Waals surface area contributed by atoms with Crippen LogP contribution in [-0.2, 0) is 4.79 Å². The summed E-state index contributed by atoms with van der Waals surface area (Å²) in [6.07, 6.45) is 1.07. The number of hydrogen-bond donors (Lipinski definition) is 2. The summed E-state index contributed by atoms with van der Waals surface area (Å²) in [5, 5.41) is 11.4. The number of likely N-dealkylation sites (tertiary alicyclic amines) is 1. The number of benzene rings is 1. The Morgan fingerprint density at radius 3 is 2.84 bits per heavy atom. The molecule has 0 bridgehead atoms. The Bertz CT molecular complexity index is 524. The van der Waals surface area contributed by atoms with Gasteiger partial charge in [-0.25, -0.2) is 14.0 Å². The van der Waals surface area contributed by atoms with E-state index >= 15 is 0 Å². The van der Waals surface area contributed by atoms with Crippen molar-refractivity contribution in [3.8, 4) is 0 Å². The summed E-state index contributed by atoms with van der Waals surface area (Å²) in [6.45, 7) is 0.374. The van der Waals surface area contributed by atoms with Gasteiger partial charge in [0.15, 0.2) is 0 Å². The molecule has 2 amide bonds. The standard InChI is InChI=1S/C12H12ClFN2O3/c13-8-4-3-7(6-9(8)14)15-12(19)16-5-1-2-10(16)11(17)18/h3-4,6,10H,1-2,5H2,(H,15,19)(H,17,18)/t10-/m0/s1. The van der Waals surface area contributed by atoms with Crippen LogP contribution in [0.5, 0.6) is 0 Å². The maximum absolute atomic E-state index is 13.2. The molecule has 1 aromatic carbocycles. The molecule has 0 spiro atoms. The van der Waals surface area contributed by atoms with Crippen molar-refractivity contribution in [1.82, 2.24) is 4.90 Å². The third-order valence-electron chi connectivity index (χ3n) is 2.97. The van der Waals surface area contributed by atoms with Gasteiger partial charge in [0.2, 0.25) is 0 Å². The van der Waals surface area contributed by atoms with Gasteiger partial charge in [-0.3, -0.25) is 0 Å². The van der Waals surface area contributed by atoms with Crippen molar-refractivity contribution >= 4 is 29.3 Å². The van der Waals surface area contributed by atoms with Crippen molar-refractivity contribution in [3.05, 3.63) is 29.0 Å². The predicted octanol–water partition coefficient (Wildman–Crippen LogP) is 2.56. The van der Waals surface area contributed by atoms with E-state index in [-0.39, 0.29) is 10.7 Å². The molecule has 1 heterocycles. The molecule has 2 rings (SSSR count). The second kappa shape index (κ2) is 5.44. The molecule has 1 aliphatic heterocycles. The first kappa shape index (κ1) is 13.6. The van der Waals surface area contributed by atoms with Crippen LogP contribution in [0.25, 0.3) is 0 Å². The minimum absolute atomic E-state index is 0.0393. The zero-order chi connectivity index (χ0) is 14.0. The number of aliphatic carboxylic acids is 1. The van der Waals surface area contributed by atoms with E-state index in [0.717, 1.165) is 6.07 Å². The maximum Gasteiger partial charge on any atom is 0.326 e. The van der Waals surface area contributed by atoms with Crippen LogP contribution in [0.4, 0.5) is 14.9 Å². The SMILES string of the molecule is O=C(O)[C@@H]1CCCN1C(=O)Nc1ccc(Cl)c(F)c1. The molecule has 102 valence electrons. The monoisotopic (exact) mass is 286 g/mol. The molecular weight excluding hydrogens is 275 g/mol. The molecule has 7 heteroatoms. The van der Waals surface area contributed by atoms with E-state index in [9.17, 15) is 14.0 Å². The molecule has 0 saturated carbocycles. The molecule has 1 fully saturated rings. The van der Waals surface area contributed by atoms with Crippen LogP contribution < -0.4 is 5.32 Å². The van der Waals surface area contributed by atoms with Crippen LogP contribution >= 0.6 is 11.6 Å². The number of carboxylic acid groups (broad SMARTS) is 1. The first-order valence-corrected chi connectivity index (χ1v) is 6.12. The Balaban J connectivity index is 2.08. The van der Waals surface area contributed by atoms with Crippen molar-refractivity contribution in [2.24, 2.45) is 0 Å². The lowest BCUT2D eigenvalue weighted by Crippen LogP contribution is -2.42. The van der Waals surface area contributed by atoms with Crippen molar-refractivity contribution in [2.75, 3.05) is 11.9 Å². The summed E-state index contributed by atoms with van der Waals surface area (Å²) in [5.74, 6) is -1.68. The molecular formula is C12H12ClFN2O3. The van der Waals surface area contributed by atoms with E-state index in [1.807, 2.05) is 0 Å². The van der Waals surface area contributed by atoms with Gasteiger partial charge in [0.1, 0.15) is 11.9 Å². The maximum atomic E-state index is 13.2. The molecule has 1 aliphatic rings. The lowest BCUT2D eigenvalue weighted by molar-refractivity contribution is -0.141. The molecule has 1 aromatic rings. The fourth-order valence-corrected chi connectivity index (χ4v) is 2.15. The number of rotatable bonds is 2. The van der Waals surface area contributed by atoms with Crippen LogP contribution in [0.15, 0.2) is 18.2 Å². The van der Waals surface area contributed by atoms with E-state index in [4.69, 9.17) is 16.7 Å². The second-order valence-corrected chi connectivity index (χ2v) is 4.66. The van der Waals surface area contributed by atoms with E-state index in [2.05, 4.69) is 5.32 Å². The van der Waals surface area contributed by atoms with Gasteiger partial charge >= 0.3 is 12.0 Å². The van der Waals surface area contributed by atoms with Gasteiger partial charge in [-0.05, 0) is 31.0 Å². The minimum atomic E-state index is -1.03. The third kappa shape index (κ3) is 2.96. The summed E-state index contributed by atoms with van der Waals surface area (Å²) >= 11 is 5.53. The van der Waals surface area contributed by atoms with Gasteiger partial charge in [0, 0.05) is 12.2 Å². The summed E-state index contributed by atoms with van der Waals surface area (Å²) in [4.78, 5) is 24.1. The highest BCUT2D eigenvalue weighted by atomic mass is 35.5. The van der Waals surface area contributed by atoms with E-state index in [1.165, 1.54) is 17.0 Å². The van der Waals surface area contributed by atoms with Gasteiger partial charge in [-0.15, -0.1) is 0 Å². The highest BCUT2D eigenvalue weighted by molar-refractivity contribution is 6.30. The lowest BCUT2D eigenvalue weighted by atomic mass is 10.2. The average Bonchev–Trinajstić information content (AvgIpc) is 2.83. The molecule has 1 saturated heterocycles. The third-order valence-corrected chi connectivity index (χ3v) is 3.28. The van der Waals surface area contributed by atoms with Crippen LogP contribution in [-0.4, -0.2) is 34.6 Å². The summed E-state index contributed by atoms with van der Waals surface area (Å²) < 4.78 is 13.2. The molecule has 0 unspecified atom stereocenters. The average molecular weight is 287 g/mol. The van der Waals surface area contributed by atoms with E-state index in [1.54, 1.807) is 0 Å². The molecule has 0 aromatic heterocycles. The predicted molar refractivity (Wildman–Crippen MR) is 67.8 cm³/mol. The quantitative estimate of drug-likeness (QED) is 0.878. The van der Waals surface area contributed by atoms with Gasteiger partial charge in [0.25, 0.3) is 0 Å². The number of hydrogen-bond acceptors (Lipinski definition) is 2.